The van der Waals surface area contributed by atoms with E-state index in [0.29, 0.717) is 24.6 Å². The van der Waals surface area contributed by atoms with Gasteiger partial charge in [-0.15, -0.1) is 5.10 Å². The van der Waals surface area contributed by atoms with Crippen LogP contribution in [0.4, 0.5) is 5.95 Å². The Labute approximate surface area is 138 Å². The zero-order valence-corrected chi connectivity index (χ0v) is 13.4. The molecule has 2 N–H and O–H groups in total. The number of carboxylic acid groups (broad SMARTS) is 1. The van der Waals surface area contributed by atoms with E-state index in [2.05, 4.69) is 15.4 Å². The number of carboxylic acids is 1. The highest BCUT2D eigenvalue weighted by molar-refractivity contribution is 5.92. The van der Waals surface area contributed by atoms with Gasteiger partial charge in [0.2, 0.25) is 5.95 Å². The van der Waals surface area contributed by atoms with Crippen molar-refractivity contribution in [2.24, 2.45) is 5.92 Å². The molecule has 0 bridgehead atoms. The monoisotopic (exact) mass is 325 g/mol. The number of para-hydroxylation sites is 1. The van der Waals surface area contributed by atoms with Crippen molar-refractivity contribution in [3.8, 4) is 0 Å². The fraction of sp³-hybridized carbons (Fsp3) is 0.412. The second kappa shape index (κ2) is 5.74. The van der Waals surface area contributed by atoms with Gasteiger partial charge in [0, 0.05) is 11.4 Å². The molecular formula is C17H19N5O2. The molecule has 2 aromatic heterocycles. The molecule has 7 nitrogen and oxygen atoms in total. The third kappa shape index (κ3) is 2.55. The predicted molar refractivity (Wildman–Crippen MR) is 90.0 cm³/mol. The van der Waals surface area contributed by atoms with Crippen LogP contribution in [-0.4, -0.2) is 36.7 Å². The zero-order valence-electron chi connectivity index (χ0n) is 13.4. The largest absolute Gasteiger partial charge is 0.481 e. The van der Waals surface area contributed by atoms with Gasteiger partial charge in [0.25, 0.3) is 0 Å². The summed E-state index contributed by atoms with van der Waals surface area (Å²) in [5.74, 6) is 0.460. The van der Waals surface area contributed by atoms with Crippen LogP contribution in [0.25, 0.3) is 16.6 Å². The van der Waals surface area contributed by atoms with Crippen LogP contribution in [0.3, 0.4) is 0 Å². The maximum atomic E-state index is 11.1. The van der Waals surface area contributed by atoms with E-state index in [1.165, 1.54) is 0 Å². The van der Waals surface area contributed by atoms with Gasteiger partial charge in [0.1, 0.15) is 5.82 Å². The Kier molecular flexibility index (Phi) is 3.55. The molecule has 24 heavy (non-hydrogen) atoms. The average Bonchev–Trinajstić information content (AvgIpc) is 2.97. The van der Waals surface area contributed by atoms with Crippen LogP contribution in [-0.2, 0) is 4.79 Å². The number of hydrogen-bond acceptors (Lipinski definition) is 5. The van der Waals surface area contributed by atoms with E-state index in [-0.39, 0.29) is 12.0 Å². The fourth-order valence-corrected chi connectivity index (χ4v) is 3.42. The van der Waals surface area contributed by atoms with E-state index in [1.807, 2.05) is 31.2 Å². The number of nitrogens with one attached hydrogen (secondary N) is 1. The maximum Gasteiger partial charge on any atom is 0.306 e. The Hall–Kier alpha value is -2.70. The second-order valence-corrected chi connectivity index (χ2v) is 6.38. The van der Waals surface area contributed by atoms with Gasteiger partial charge in [-0.25, -0.2) is 9.97 Å². The molecule has 0 aliphatic heterocycles. The molecule has 124 valence electrons. The normalized spacial score (nSPS) is 21.2. The molecule has 2 heterocycles. The summed E-state index contributed by atoms with van der Waals surface area (Å²) >= 11 is 0. The van der Waals surface area contributed by atoms with Crippen molar-refractivity contribution in [3.63, 3.8) is 0 Å². The first-order chi connectivity index (χ1) is 11.6. The van der Waals surface area contributed by atoms with Gasteiger partial charge in [0.15, 0.2) is 5.65 Å². The number of rotatable bonds is 3. The highest BCUT2D eigenvalue weighted by Crippen LogP contribution is 2.27. The van der Waals surface area contributed by atoms with Gasteiger partial charge in [-0.3, -0.25) is 4.79 Å². The van der Waals surface area contributed by atoms with Crippen molar-refractivity contribution in [2.75, 3.05) is 5.32 Å². The molecule has 0 atom stereocenters. The van der Waals surface area contributed by atoms with Gasteiger partial charge in [-0.2, -0.15) is 4.52 Å². The summed E-state index contributed by atoms with van der Waals surface area (Å²) in [5, 5.41) is 18.0. The number of benzene rings is 1. The lowest BCUT2D eigenvalue weighted by Gasteiger charge is -2.27. The van der Waals surface area contributed by atoms with Crippen LogP contribution in [0.5, 0.6) is 0 Å². The van der Waals surface area contributed by atoms with Crippen molar-refractivity contribution in [1.82, 2.24) is 19.6 Å². The average molecular weight is 325 g/mol. The maximum absolute atomic E-state index is 11.1. The Morgan fingerprint density at radius 2 is 1.96 bits per heavy atom. The lowest BCUT2D eigenvalue weighted by atomic mass is 9.86. The summed E-state index contributed by atoms with van der Waals surface area (Å²) in [7, 11) is 0. The van der Waals surface area contributed by atoms with Gasteiger partial charge >= 0.3 is 5.97 Å². The van der Waals surface area contributed by atoms with Crippen LogP contribution in [0, 0.1) is 12.8 Å². The molecule has 1 aliphatic carbocycles. The first-order valence-electron chi connectivity index (χ1n) is 8.23. The first-order valence-corrected chi connectivity index (χ1v) is 8.23. The minimum Gasteiger partial charge on any atom is -0.481 e. The smallest absolute Gasteiger partial charge is 0.306 e. The van der Waals surface area contributed by atoms with Crippen LogP contribution in [0.15, 0.2) is 24.3 Å². The third-order valence-electron chi connectivity index (χ3n) is 4.69. The Balaban J connectivity index is 1.67. The lowest BCUT2D eigenvalue weighted by molar-refractivity contribution is -0.142. The minimum absolute atomic E-state index is 0.210. The number of fused-ring (bicyclic) bond motifs is 3. The zero-order chi connectivity index (χ0) is 16.7. The Morgan fingerprint density at radius 1 is 1.21 bits per heavy atom. The number of nitrogens with zero attached hydrogens (tertiary/aromatic N) is 4. The second-order valence-electron chi connectivity index (χ2n) is 6.38. The number of hydrogen-bond donors (Lipinski definition) is 2. The van der Waals surface area contributed by atoms with Gasteiger partial charge in [-0.1, -0.05) is 12.1 Å². The van der Waals surface area contributed by atoms with Gasteiger partial charge < -0.3 is 10.4 Å². The number of aromatic nitrogens is 4. The molecule has 0 spiro atoms. The van der Waals surface area contributed by atoms with E-state index in [1.54, 1.807) is 4.52 Å². The van der Waals surface area contributed by atoms with Crippen molar-refractivity contribution >= 4 is 28.5 Å². The molecule has 1 saturated carbocycles. The number of aryl methyl sites for hydroxylation is 1. The Morgan fingerprint density at radius 3 is 2.71 bits per heavy atom. The minimum atomic E-state index is -0.688. The van der Waals surface area contributed by atoms with E-state index in [9.17, 15) is 4.79 Å². The highest BCUT2D eigenvalue weighted by atomic mass is 16.4. The molecule has 0 unspecified atom stereocenters. The molecule has 1 aliphatic rings. The summed E-state index contributed by atoms with van der Waals surface area (Å²) in [6, 6.07) is 8.09. The van der Waals surface area contributed by atoms with Crippen molar-refractivity contribution in [1.29, 1.82) is 0 Å². The van der Waals surface area contributed by atoms with Crippen molar-refractivity contribution in [3.05, 3.63) is 30.1 Å². The van der Waals surface area contributed by atoms with Crippen molar-refractivity contribution in [2.45, 2.75) is 38.6 Å². The van der Waals surface area contributed by atoms with Crippen LogP contribution >= 0.6 is 0 Å². The highest BCUT2D eigenvalue weighted by Gasteiger charge is 2.26. The first kappa shape index (κ1) is 14.9. The summed E-state index contributed by atoms with van der Waals surface area (Å²) in [6.45, 7) is 1.86. The molecular weight excluding hydrogens is 306 g/mol. The predicted octanol–water partition coefficient (Wildman–Crippen LogP) is 2.64. The molecule has 4 rings (SSSR count). The van der Waals surface area contributed by atoms with Crippen LogP contribution in [0.2, 0.25) is 0 Å². The number of carbonyl (C=O) groups is 1. The topological polar surface area (TPSA) is 92.4 Å². The fourth-order valence-electron chi connectivity index (χ4n) is 3.42. The quantitative estimate of drug-likeness (QED) is 0.769. The molecule has 0 radical (unpaired) electrons. The molecule has 1 aromatic carbocycles. The lowest BCUT2D eigenvalue weighted by Crippen LogP contribution is -2.30. The summed E-state index contributed by atoms with van der Waals surface area (Å²) in [5.41, 5.74) is 1.67. The standard InChI is InChI=1S/C17H19N5O2/c1-10-18-15-13-4-2-3-5-14(13)20-17(22(15)21-10)19-12-8-6-11(7-9-12)16(23)24/h2-5,11-12H,6-9H2,1H3,(H,19,20)(H,23,24). The molecule has 0 saturated heterocycles. The molecule has 1 fully saturated rings. The molecule has 7 heteroatoms. The van der Waals surface area contributed by atoms with E-state index < -0.39 is 5.97 Å². The van der Waals surface area contributed by atoms with Crippen molar-refractivity contribution < 1.29 is 9.90 Å². The van der Waals surface area contributed by atoms with E-state index in [0.717, 1.165) is 29.4 Å². The summed E-state index contributed by atoms with van der Waals surface area (Å²) < 4.78 is 1.75. The van der Waals surface area contributed by atoms with Gasteiger partial charge in [-0.05, 0) is 44.7 Å². The van der Waals surface area contributed by atoms with E-state index >= 15 is 0 Å². The van der Waals surface area contributed by atoms with Crippen LogP contribution in [0.1, 0.15) is 31.5 Å². The summed E-state index contributed by atoms with van der Waals surface area (Å²) in [6.07, 6.45) is 3.03. The van der Waals surface area contributed by atoms with Gasteiger partial charge in [0.05, 0.1) is 11.4 Å². The SMILES string of the molecule is Cc1nc2c3ccccc3nc(NC3CCC(C(=O)O)CC3)n2n1. The van der Waals surface area contributed by atoms with Crippen LogP contribution < -0.4 is 5.32 Å². The molecule has 3 aromatic rings. The number of anilines is 1. The van der Waals surface area contributed by atoms with E-state index in [4.69, 9.17) is 10.1 Å². The number of aliphatic carboxylic acids is 1. The third-order valence-corrected chi connectivity index (χ3v) is 4.69. The Bertz CT molecular complexity index is 912. The summed E-state index contributed by atoms with van der Waals surface area (Å²) in [4.78, 5) is 20.3. The molecule has 0 amide bonds.